The Kier molecular flexibility index (Phi) is 3.39. The summed E-state index contributed by atoms with van der Waals surface area (Å²) in [6.45, 7) is 10.6. The second-order valence-electron chi connectivity index (χ2n) is 6.22. The van der Waals surface area contributed by atoms with Crippen LogP contribution in [0.15, 0.2) is 24.3 Å². The van der Waals surface area contributed by atoms with Crippen molar-refractivity contribution in [3.05, 3.63) is 46.8 Å². The van der Waals surface area contributed by atoms with Crippen molar-refractivity contribution < 1.29 is 0 Å². The van der Waals surface area contributed by atoms with Gasteiger partial charge in [0.2, 0.25) is 0 Å². The molecule has 22 heavy (non-hydrogen) atoms. The highest BCUT2D eigenvalue weighted by Crippen LogP contribution is 2.34. The molecular weight excluding hydrogens is 272 g/mol. The van der Waals surface area contributed by atoms with Crippen molar-refractivity contribution in [3.63, 3.8) is 0 Å². The fraction of sp³-hybridized carbons (Fsp3) is 0.333. The molecule has 0 saturated heterocycles. The van der Waals surface area contributed by atoms with Crippen LogP contribution < -0.4 is 5.73 Å². The fourth-order valence-electron chi connectivity index (χ4n) is 3.08. The molecule has 0 aliphatic rings. The van der Waals surface area contributed by atoms with E-state index in [1.807, 2.05) is 17.5 Å². The van der Waals surface area contributed by atoms with Gasteiger partial charge in [0.1, 0.15) is 5.82 Å². The van der Waals surface area contributed by atoms with Gasteiger partial charge < -0.3 is 5.73 Å². The Labute approximate surface area is 131 Å². The first-order valence-corrected chi connectivity index (χ1v) is 7.62. The molecule has 3 rings (SSSR count). The minimum absolute atomic E-state index is 0.331. The number of rotatable bonds is 2. The number of anilines is 1. The smallest absolute Gasteiger partial charge is 0.165 e. The summed E-state index contributed by atoms with van der Waals surface area (Å²) in [6, 6.07) is 8.25. The van der Waals surface area contributed by atoms with Gasteiger partial charge in [0, 0.05) is 6.07 Å². The highest BCUT2D eigenvalue weighted by molar-refractivity contribution is 5.84. The van der Waals surface area contributed by atoms with Crippen LogP contribution in [0.4, 0.5) is 5.82 Å². The van der Waals surface area contributed by atoms with Gasteiger partial charge in [-0.3, -0.25) is 0 Å². The molecule has 0 amide bonds. The Morgan fingerprint density at radius 3 is 2.27 bits per heavy atom. The third-order valence-electron chi connectivity index (χ3n) is 4.13. The predicted molar refractivity (Wildman–Crippen MR) is 91.1 cm³/mol. The van der Waals surface area contributed by atoms with Gasteiger partial charge >= 0.3 is 0 Å². The lowest BCUT2D eigenvalue weighted by Crippen LogP contribution is -2.05. The molecule has 0 saturated carbocycles. The number of aromatic nitrogens is 3. The fourth-order valence-corrected chi connectivity index (χ4v) is 3.08. The molecule has 0 unspecified atom stereocenters. The van der Waals surface area contributed by atoms with Gasteiger partial charge in [0.15, 0.2) is 5.65 Å². The zero-order chi connectivity index (χ0) is 16.0. The topological polar surface area (TPSA) is 56.2 Å². The maximum Gasteiger partial charge on any atom is 0.165 e. The van der Waals surface area contributed by atoms with Gasteiger partial charge in [-0.25, -0.2) is 9.50 Å². The summed E-state index contributed by atoms with van der Waals surface area (Å²) in [6.07, 6.45) is 0. The Balaban J connectivity index is 2.43. The van der Waals surface area contributed by atoms with E-state index in [9.17, 15) is 0 Å². The third kappa shape index (κ3) is 2.15. The summed E-state index contributed by atoms with van der Waals surface area (Å²) in [4.78, 5) is 4.58. The first-order chi connectivity index (χ1) is 10.4. The minimum atomic E-state index is 0.331. The first-order valence-electron chi connectivity index (χ1n) is 7.62. The molecule has 2 aromatic heterocycles. The normalized spacial score (nSPS) is 11.5. The van der Waals surface area contributed by atoms with E-state index in [1.54, 1.807) is 0 Å². The zero-order valence-electron chi connectivity index (χ0n) is 13.8. The summed E-state index contributed by atoms with van der Waals surface area (Å²) in [5, 5.41) is 4.73. The van der Waals surface area contributed by atoms with Crippen LogP contribution in [0.3, 0.4) is 0 Å². The van der Waals surface area contributed by atoms with Gasteiger partial charge in [0.05, 0.1) is 17.0 Å². The van der Waals surface area contributed by atoms with Crippen LogP contribution in [0.1, 0.15) is 42.3 Å². The van der Waals surface area contributed by atoms with E-state index in [-0.39, 0.29) is 0 Å². The average Bonchev–Trinajstić information content (AvgIpc) is 2.74. The largest absolute Gasteiger partial charge is 0.384 e. The van der Waals surface area contributed by atoms with E-state index < -0.39 is 0 Å². The standard InChI is InChI=1S/C18H22N4/c1-10(2)14-9-15(19)20-18-17(13(5)21-22(14)18)16-11(3)7-6-8-12(16)4/h6-10H,1-5H3,(H2,19,20). The molecule has 2 N–H and O–H groups in total. The van der Waals surface area contributed by atoms with Gasteiger partial charge in [-0.2, -0.15) is 5.10 Å². The lowest BCUT2D eigenvalue weighted by atomic mass is 9.96. The van der Waals surface area contributed by atoms with Crippen LogP contribution in [0.2, 0.25) is 0 Å². The van der Waals surface area contributed by atoms with Gasteiger partial charge in [0.25, 0.3) is 0 Å². The van der Waals surface area contributed by atoms with E-state index in [0.717, 1.165) is 22.6 Å². The molecule has 4 heteroatoms. The van der Waals surface area contributed by atoms with Crippen molar-refractivity contribution in [3.8, 4) is 11.1 Å². The quantitative estimate of drug-likeness (QED) is 0.776. The van der Waals surface area contributed by atoms with Crippen molar-refractivity contribution in [2.24, 2.45) is 0 Å². The van der Waals surface area contributed by atoms with Crippen molar-refractivity contribution in [2.75, 3.05) is 5.73 Å². The summed E-state index contributed by atoms with van der Waals surface area (Å²) in [5.74, 6) is 0.876. The number of hydrogen-bond donors (Lipinski definition) is 1. The Morgan fingerprint density at radius 2 is 1.68 bits per heavy atom. The van der Waals surface area contributed by atoms with Crippen molar-refractivity contribution >= 4 is 11.5 Å². The zero-order valence-corrected chi connectivity index (χ0v) is 13.8. The summed E-state index contributed by atoms with van der Waals surface area (Å²) in [7, 11) is 0. The molecule has 0 radical (unpaired) electrons. The van der Waals surface area contributed by atoms with E-state index in [0.29, 0.717) is 11.7 Å². The number of hydrogen-bond acceptors (Lipinski definition) is 3. The van der Waals surface area contributed by atoms with Crippen LogP contribution in [-0.4, -0.2) is 14.6 Å². The molecule has 0 fully saturated rings. The SMILES string of the molecule is Cc1cccc(C)c1-c1c(C)nn2c(C(C)C)cc(N)nc12. The Morgan fingerprint density at radius 1 is 1.05 bits per heavy atom. The van der Waals surface area contributed by atoms with Crippen molar-refractivity contribution in [1.29, 1.82) is 0 Å². The first kappa shape index (κ1) is 14.6. The van der Waals surface area contributed by atoms with E-state index in [1.165, 1.54) is 16.7 Å². The lowest BCUT2D eigenvalue weighted by molar-refractivity contribution is 0.746. The number of aryl methyl sites for hydroxylation is 3. The van der Waals surface area contributed by atoms with Crippen LogP contribution in [0, 0.1) is 20.8 Å². The van der Waals surface area contributed by atoms with Crippen molar-refractivity contribution in [1.82, 2.24) is 14.6 Å². The third-order valence-corrected chi connectivity index (χ3v) is 4.13. The Bertz CT molecular complexity index is 839. The Hall–Kier alpha value is -2.36. The lowest BCUT2D eigenvalue weighted by Gasteiger charge is -2.11. The monoisotopic (exact) mass is 294 g/mol. The number of benzene rings is 1. The van der Waals surface area contributed by atoms with Gasteiger partial charge in [-0.05, 0) is 43.4 Å². The molecule has 2 heterocycles. The highest BCUT2D eigenvalue weighted by atomic mass is 15.3. The molecule has 114 valence electrons. The molecule has 0 spiro atoms. The number of fused-ring (bicyclic) bond motifs is 1. The molecule has 0 atom stereocenters. The second kappa shape index (κ2) is 5.13. The maximum absolute atomic E-state index is 6.04. The van der Waals surface area contributed by atoms with Gasteiger partial charge in [-0.1, -0.05) is 32.0 Å². The molecule has 3 aromatic rings. The van der Waals surface area contributed by atoms with Crippen LogP contribution in [-0.2, 0) is 0 Å². The van der Waals surface area contributed by atoms with E-state index in [4.69, 9.17) is 10.8 Å². The average molecular weight is 294 g/mol. The highest BCUT2D eigenvalue weighted by Gasteiger charge is 2.19. The van der Waals surface area contributed by atoms with E-state index in [2.05, 4.69) is 50.9 Å². The van der Waals surface area contributed by atoms with Crippen LogP contribution >= 0.6 is 0 Å². The minimum Gasteiger partial charge on any atom is -0.384 e. The van der Waals surface area contributed by atoms with Crippen LogP contribution in [0.5, 0.6) is 0 Å². The van der Waals surface area contributed by atoms with Crippen LogP contribution in [0.25, 0.3) is 16.8 Å². The molecule has 0 aliphatic carbocycles. The number of nitrogen functional groups attached to an aromatic ring is 1. The summed E-state index contributed by atoms with van der Waals surface area (Å²) >= 11 is 0. The number of nitrogens with two attached hydrogens (primary N) is 1. The van der Waals surface area contributed by atoms with Crippen molar-refractivity contribution in [2.45, 2.75) is 40.5 Å². The molecule has 0 bridgehead atoms. The summed E-state index contributed by atoms with van der Waals surface area (Å²) in [5.41, 5.74) is 13.7. The van der Waals surface area contributed by atoms with Gasteiger partial charge in [-0.15, -0.1) is 0 Å². The predicted octanol–water partition coefficient (Wildman–Crippen LogP) is 4.03. The second-order valence-corrected chi connectivity index (χ2v) is 6.22. The molecule has 4 nitrogen and oxygen atoms in total. The molecule has 1 aromatic carbocycles. The molecule has 0 aliphatic heterocycles. The molecular formula is C18H22N4. The van der Waals surface area contributed by atoms with E-state index >= 15 is 0 Å². The number of nitrogens with zero attached hydrogens (tertiary/aromatic N) is 3. The maximum atomic E-state index is 6.04. The summed E-state index contributed by atoms with van der Waals surface area (Å²) < 4.78 is 1.94.